The highest BCUT2D eigenvalue weighted by Crippen LogP contribution is 2.29. The SMILES string of the molecule is CSc1ccc(CCC(=O)NC2CCN(c3ccc(C(F)(F)F)cn3)C2)cc1. The van der Waals surface area contributed by atoms with Crippen molar-refractivity contribution < 1.29 is 18.0 Å². The van der Waals surface area contributed by atoms with Crippen LogP contribution in [0.2, 0.25) is 0 Å². The van der Waals surface area contributed by atoms with Crippen LogP contribution >= 0.6 is 11.8 Å². The number of aryl methyl sites for hydroxylation is 1. The second-order valence-electron chi connectivity index (χ2n) is 6.75. The Kier molecular flexibility index (Phi) is 6.49. The second-order valence-corrected chi connectivity index (χ2v) is 7.63. The van der Waals surface area contributed by atoms with Crippen LogP contribution in [0.1, 0.15) is 24.0 Å². The molecule has 0 aliphatic carbocycles. The zero-order valence-corrected chi connectivity index (χ0v) is 16.3. The molecule has 1 aromatic heterocycles. The van der Waals surface area contributed by atoms with E-state index < -0.39 is 11.7 Å². The van der Waals surface area contributed by atoms with E-state index in [2.05, 4.69) is 10.3 Å². The predicted octanol–water partition coefficient (Wildman–Crippen LogP) is 4.15. The highest BCUT2D eigenvalue weighted by Gasteiger charge is 2.31. The van der Waals surface area contributed by atoms with Crippen molar-refractivity contribution in [1.29, 1.82) is 0 Å². The van der Waals surface area contributed by atoms with Crippen LogP contribution in [0.25, 0.3) is 0 Å². The molecular weight excluding hydrogens is 387 g/mol. The number of hydrogen-bond acceptors (Lipinski definition) is 4. The van der Waals surface area contributed by atoms with E-state index in [0.717, 1.165) is 24.2 Å². The Bertz CT molecular complexity index is 794. The highest BCUT2D eigenvalue weighted by atomic mass is 32.2. The third kappa shape index (κ3) is 5.41. The van der Waals surface area contributed by atoms with Crippen LogP contribution in [0, 0.1) is 0 Å². The zero-order chi connectivity index (χ0) is 20.1. The Morgan fingerprint density at radius 1 is 1.25 bits per heavy atom. The molecule has 4 nitrogen and oxygen atoms in total. The van der Waals surface area contributed by atoms with Crippen molar-refractivity contribution in [2.24, 2.45) is 0 Å². The summed E-state index contributed by atoms with van der Waals surface area (Å²) in [6, 6.07) is 10.6. The van der Waals surface area contributed by atoms with Gasteiger partial charge in [0.15, 0.2) is 0 Å². The van der Waals surface area contributed by atoms with Crippen molar-refractivity contribution in [1.82, 2.24) is 10.3 Å². The maximum Gasteiger partial charge on any atom is 0.417 e. The Labute approximate surface area is 166 Å². The molecule has 1 unspecified atom stereocenters. The Morgan fingerprint density at radius 2 is 2.00 bits per heavy atom. The van der Waals surface area contributed by atoms with Gasteiger partial charge in [0.05, 0.1) is 5.56 Å². The summed E-state index contributed by atoms with van der Waals surface area (Å²) in [5.41, 5.74) is 0.362. The fraction of sp³-hybridized carbons (Fsp3) is 0.400. The lowest BCUT2D eigenvalue weighted by atomic mass is 10.1. The summed E-state index contributed by atoms with van der Waals surface area (Å²) in [5.74, 6) is 0.486. The zero-order valence-electron chi connectivity index (χ0n) is 15.5. The Balaban J connectivity index is 1.46. The summed E-state index contributed by atoms with van der Waals surface area (Å²) in [5, 5.41) is 3.01. The minimum atomic E-state index is -4.39. The molecule has 1 amide bonds. The number of nitrogens with one attached hydrogen (secondary N) is 1. The van der Waals surface area contributed by atoms with Gasteiger partial charge >= 0.3 is 6.18 Å². The first-order chi connectivity index (χ1) is 13.3. The van der Waals surface area contributed by atoms with Crippen LogP contribution in [0.5, 0.6) is 0 Å². The number of carbonyl (C=O) groups excluding carboxylic acids is 1. The van der Waals surface area contributed by atoms with Gasteiger partial charge in [-0.3, -0.25) is 4.79 Å². The van der Waals surface area contributed by atoms with E-state index in [1.54, 1.807) is 11.8 Å². The number of alkyl halides is 3. The minimum Gasteiger partial charge on any atom is -0.354 e. The monoisotopic (exact) mass is 409 g/mol. The van der Waals surface area contributed by atoms with Gasteiger partial charge in [0.25, 0.3) is 0 Å². The molecule has 1 aromatic carbocycles. The standard InChI is InChI=1S/C20H22F3N3OS/c1-28-17-6-2-14(3-7-17)4-9-19(27)25-16-10-11-26(13-16)18-8-5-15(12-24-18)20(21,22)23/h2-3,5-8,12,16H,4,9-11,13H2,1H3,(H,25,27). The molecule has 28 heavy (non-hydrogen) atoms. The lowest BCUT2D eigenvalue weighted by molar-refractivity contribution is -0.137. The maximum absolute atomic E-state index is 12.6. The number of aromatic nitrogens is 1. The number of hydrogen-bond donors (Lipinski definition) is 1. The molecule has 1 N–H and O–H groups in total. The largest absolute Gasteiger partial charge is 0.417 e. The second kappa shape index (κ2) is 8.86. The fourth-order valence-corrected chi connectivity index (χ4v) is 3.59. The van der Waals surface area contributed by atoms with Crippen molar-refractivity contribution in [2.45, 2.75) is 36.4 Å². The molecular formula is C20H22F3N3OS. The average Bonchev–Trinajstić information content (AvgIpc) is 3.14. The average molecular weight is 409 g/mol. The first-order valence-corrected chi connectivity index (χ1v) is 10.3. The molecule has 0 spiro atoms. The lowest BCUT2D eigenvalue weighted by Crippen LogP contribution is -2.37. The van der Waals surface area contributed by atoms with Gasteiger partial charge < -0.3 is 10.2 Å². The number of benzene rings is 1. The number of carbonyl (C=O) groups is 1. The number of nitrogens with zero attached hydrogens (tertiary/aromatic N) is 2. The molecule has 0 bridgehead atoms. The summed E-state index contributed by atoms with van der Waals surface area (Å²) in [6.07, 6.45) is 0.321. The summed E-state index contributed by atoms with van der Waals surface area (Å²) >= 11 is 1.68. The number of pyridine rings is 1. The van der Waals surface area contributed by atoms with Crippen molar-refractivity contribution in [2.75, 3.05) is 24.2 Å². The molecule has 3 rings (SSSR count). The summed E-state index contributed by atoms with van der Waals surface area (Å²) in [6.45, 7) is 1.20. The first-order valence-electron chi connectivity index (χ1n) is 9.05. The molecule has 1 atom stereocenters. The van der Waals surface area contributed by atoms with Gasteiger partial charge in [-0.1, -0.05) is 12.1 Å². The lowest BCUT2D eigenvalue weighted by Gasteiger charge is -2.18. The van der Waals surface area contributed by atoms with Gasteiger partial charge in [-0.05, 0) is 48.9 Å². The molecule has 1 fully saturated rings. The Morgan fingerprint density at radius 3 is 2.61 bits per heavy atom. The number of thioether (sulfide) groups is 1. The smallest absolute Gasteiger partial charge is 0.354 e. The predicted molar refractivity (Wildman–Crippen MR) is 105 cm³/mol. The number of rotatable bonds is 6. The minimum absolute atomic E-state index is 0.0128. The first kappa shape index (κ1) is 20.5. The summed E-state index contributed by atoms with van der Waals surface area (Å²) < 4.78 is 37.9. The van der Waals surface area contributed by atoms with Gasteiger partial charge in [-0.25, -0.2) is 4.98 Å². The van der Waals surface area contributed by atoms with Crippen LogP contribution in [-0.4, -0.2) is 36.3 Å². The molecule has 1 aliphatic heterocycles. The fourth-order valence-electron chi connectivity index (χ4n) is 3.18. The molecule has 2 aromatic rings. The van der Waals surface area contributed by atoms with E-state index >= 15 is 0 Å². The van der Waals surface area contributed by atoms with Crippen LogP contribution in [0.4, 0.5) is 19.0 Å². The van der Waals surface area contributed by atoms with E-state index in [9.17, 15) is 18.0 Å². The number of anilines is 1. The van der Waals surface area contributed by atoms with Gasteiger partial charge in [-0.2, -0.15) is 13.2 Å². The van der Waals surface area contributed by atoms with E-state index in [1.165, 1.54) is 11.0 Å². The van der Waals surface area contributed by atoms with E-state index in [0.29, 0.717) is 31.7 Å². The van der Waals surface area contributed by atoms with Crippen molar-refractivity contribution in [3.63, 3.8) is 0 Å². The van der Waals surface area contributed by atoms with E-state index in [1.807, 2.05) is 35.4 Å². The number of amides is 1. The van der Waals surface area contributed by atoms with E-state index in [4.69, 9.17) is 0 Å². The molecule has 1 aliphatic rings. The van der Waals surface area contributed by atoms with Crippen LogP contribution in [0.3, 0.4) is 0 Å². The molecule has 2 heterocycles. The maximum atomic E-state index is 12.6. The number of halogens is 3. The molecule has 1 saturated heterocycles. The van der Waals surface area contributed by atoms with Crippen LogP contribution < -0.4 is 10.2 Å². The van der Waals surface area contributed by atoms with Crippen LogP contribution in [0.15, 0.2) is 47.5 Å². The third-order valence-corrected chi connectivity index (χ3v) is 5.50. The van der Waals surface area contributed by atoms with Gasteiger partial charge in [-0.15, -0.1) is 11.8 Å². The topological polar surface area (TPSA) is 45.2 Å². The molecule has 0 radical (unpaired) electrons. The van der Waals surface area contributed by atoms with Crippen LogP contribution in [-0.2, 0) is 17.4 Å². The highest BCUT2D eigenvalue weighted by molar-refractivity contribution is 7.98. The van der Waals surface area contributed by atoms with E-state index in [-0.39, 0.29) is 11.9 Å². The normalized spacial score (nSPS) is 17.0. The van der Waals surface area contributed by atoms with Gasteiger partial charge in [0, 0.05) is 36.6 Å². The quantitative estimate of drug-likeness (QED) is 0.728. The summed E-state index contributed by atoms with van der Waals surface area (Å²) in [4.78, 5) is 19.2. The molecule has 0 saturated carbocycles. The molecule has 150 valence electrons. The van der Waals surface area contributed by atoms with Crippen molar-refractivity contribution in [3.8, 4) is 0 Å². The van der Waals surface area contributed by atoms with Crippen molar-refractivity contribution >= 4 is 23.5 Å². The van der Waals surface area contributed by atoms with Gasteiger partial charge in [0.1, 0.15) is 5.82 Å². The summed E-state index contributed by atoms with van der Waals surface area (Å²) in [7, 11) is 0. The van der Waals surface area contributed by atoms with Crippen molar-refractivity contribution in [3.05, 3.63) is 53.7 Å². The van der Waals surface area contributed by atoms with Gasteiger partial charge in [0.2, 0.25) is 5.91 Å². The third-order valence-electron chi connectivity index (χ3n) is 4.75. The molecule has 8 heteroatoms. The Hall–Kier alpha value is -2.22.